The van der Waals surface area contributed by atoms with E-state index < -0.39 is 0 Å². The van der Waals surface area contributed by atoms with Gasteiger partial charge in [-0.2, -0.15) is 4.91 Å². The molecule has 62 valence electrons. The highest BCUT2D eigenvalue weighted by atomic mass is 16.3. The molecule has 1 fully saturated rings. The molecule has 1 saturated heterocycles. The van der Waals surface area contributed by atoms with Crippen molar-refractivity contribution < 1.29 is 4.79 Å². The lowest BCUT2D eigenvalue weighted by Gasteiger charge is -2.23. The minimum atomic E-state index is -0.352. The summed E-state index contributed by atoms with van der Waals surface area (Å²) in [6, 6.07) is -0.460. The Kier molecular flexibility index (Phi) is 2.53. The second-order valence-electron chi connectivity index (χ2n) is 2.70. The van der Waals surface area contributed by atoms with Gasteiger partial charge in [0.2, 0.25) is 5.91 Å². The summed E-state index contributed by atoms with van der Waals surface area (Å²) in [6.45, 7) is 0.469. The molecule has 0 saturated carbocycles. The Hall–Kier alpha value is -0.970. The summed E-state index contributed by atoms with van der Waals surface area (Å²) in [5.41, 5.74) is 5.04. The van der Waals surface area contributed by atoms with Crippen LogP contribution in [0.3, 0.4) is 0 Å². The largest absolute Gasteiger partial charge is 0.368 e. The number of carbonyl (C=O) groups excluding carboxylic acids is 1. The molecule has 3 N–H and O–H groups in total. The third-order valence-electron chi connectivity index (χ3n) is 1.88. The molecule has 1 aliphatic heterocycles. The van der Waals surface area contributed by atoms with Crippen LogP contribution >= 0.6 is 0 Å². The lowest BCUT2D eigenvalue weighted by molar-refractivity contribution is -0.120. The number of primary amides is 1. The minimum Gasteiger partial charge on any atom is -0.368 e. The van der Waals surface area contributed by atoms with Crippen molar-refractivity contribution in [3.63, 3.8) is 0 Å². The van der Waals surface area contributed by atoms with Gasteiger partial charge >= 0.3 is 0 Å². The summed E-state index contributed by atoms with van der Waals surface area (Å²) >= 11 is 0. The normalized spacial score (nSPS) is 31.3. The SMILES string of the molecule is NC(=O)[C@@H]1CC[C@@H](N=O)CN1. The summed E-state index contributed by atoms with van der Waals surface area (Å²) in [6.07, 6.45) is 1.27. The molecule has 0 spiro atoms. The van der Waals surface area contributed by atoms with Gasteiger partial charge in [-0.25, -0.2) is 0 Å². The Morgan fingerprint density at radius 2 is 2.27 bits per heavy atom. The van der Waals surface area contributed by atoms with Crippen LogP contribution in [-0.2, 0) is 4.79 Å². The first-order valence-corrected chi connectivity index (χ1v) is 3.59. The van der Waals surface area contributed by atoms with Crippen LogP contribution in [0.5, 0.6) is 0 Å². The standard InChI is InChI=1S/C6H11N3O2/c7-6(10)5-2-1-4(9-11)3-8-5/h4-5,8H,1-3H2,(H2,7,10)/t4-,5+/m1/s1. The number of rotatable bonds is 2. The van der Waals surface area contributed by atoms with Crippen LogP contribution in [-0.4, -0.2) is 24.5 Å². The molecular formula is C6H11N3O2. The van der Waals surface area contributed by atoms with Crippen LogP contribution < -0.4 is 11.1 Å². The Labute approximate surface area is 64.3 Å². The van der Waals surface area contributed by atoms with E-state index in [0.717, 1.165) is 0 Å². The van der Waals surface area contributed by atoms with Crippen LogP contribution in [0.2, 0.25) is 0 Å². The average molecular weight is 157 g/mol. The second kappa shape index (κ2) is 3.43. The first kappa shape index (κ1) is 8.13. The predicted molar refractivity (Wildman–Crippen MR) is 39.8 cm³/mol. The number of hydrogen-bond acceptors (Lipinski definition) is 4. The van der Waals surface area contributed by atoms with Crippen molar-refractivity contribution >= 4 is 5.91 Å². The number of nitrogens with two attached hydrogens (primary N) is 1. The fraction of sp³-hybridized carbons (Fsp3) is 0.833. The van der Waals surface area contributed by atoms with Gasteiger partial charge in [-0.3, -0.25) is 4.79 Å². The van der Waals surface area contributed by atoms with Crippen LogP contribution in [0.25, 0.3) is 0 Å². The van der Waals surface area contributed by atoms with Crippen molar-refractivity contribution in [1.82, 2.24) is 5.32 Å². The average Bonchev–Trinajstić information content (AvgIpc) is 2.05. The summed E-state index contributed by atoms with van der Waals surface area (Å²) in [4.78, 5) is 20.6. The zero-order valence-corrected chi connectivity index (χ0v) is 6.12. The first-order valence-electron chi connectivity index (χ1n) is 3.59. The fourth-order valence-electron chi connectivity index (χ4n) is 1.17. The third-order valence-corrected chi connectivity index (χ3v) is 1.88. The number of hydrogen-bond donors (Lipinski definition) is 2. The molecule has 2 atom stereocenters. The third kappa shape index (κ3) is 1.98. The molecule has 1 heterocycles. The van der Waals surface area contributed by atoms with E-state index in [4.69, 9.17) is 5.73 Å². The maximum atomic E-state index is 10.6. The van der Waals surface area contributed by atoms with Gasteiger partial charge in [0.1, 0.15) is 6.04 Å². The topological polar surface area (TPSA) is 84.6 Å². The molecule has 0 unspecified atom stereocenters. The Morgan fingerprint density at radius 1 is 1.55 bits per heavy atom. The number of nitrogens with zero attached hydrogens (tertiary/aromatic N) is 1. The van der Waals surface area contributed by atoms with E-state index in [9.17, 15) is 9.70 Å². The van der Waals surface area contributed by atoms with Crippen molar-refractivity contribution in [3.05, 3.63) is 4.91 Å². The summed E-state index contributed by atoms with van der Waals surface area (Å²) in [5.74, 6) is -0.352. The number of nitroso groups, excluding NO2 is 1. The van der Waals surface area contributed by atoms with Crippen LogP contribution in [0.4, 0.5) is 0 Å². The molecule has 1 rings (SSSR count). The van der Waals surface area contributed by atoms with E-state index in [1.165, 1.54) is 0 Å². The molecule has 0 radical (unpaired) electrons. The van der Waals surface area contributed by atoms with Crippen molar-refractivity contribution in [3.8, 4) is 0 Å². The molecule has 1 aliphatic rings. The van der Waals surface area contributed by atoms with Gasteiger partial charge in [-0.15, -0.1) is 0 Å². The zero-order valence-electron chi connectivity index (χ0n) is 6.12. The lowest BCUT2D eigenvalue weighted by atomic mass is 10.0. The molecule has 5 nitrogen and oxygen atoms in total. The van der Waals surface area contributed by atoms with Crippen LogP contribution in [0.15, 0.2) is 5.18 Å². The molecular weight excluding hydrogens is 146 g/mol. The Balaban J connectivity index is 2.35. The van der Waals surface area contributed by atoms with E-state index in [1.54, 1.807) is 0 Å². The van der Waals surface area contributed by atoms with E-state index in [1.807, 2.05) is 0 Å². The summed E-state index contributed by atoms with van der Waals surface area (Å²) in [5, 5.41) is 5.73. The quantitative estimate of drug-likeness (QED) is 0.523. The molecule has 0 aliphatic carbocycles. The highest BCUT2D eigenvalue weighted by molar-refractivity contribution is 5.79. The van der Waals surface area contributed by atoms with E-state index >= 15 is 0 Å². The van der Waals surface area contributed by atoms with Gasteiger partial charge in [-0.05, 0) is 12.8 Å². The van der Waals surface area contributed by atoms with Crippen molar-refractivity contribution in [1.29, 1.82) is 0 Å². The number of nitrogens with one attached hydrogen (secondary N) is 1. The van der Waals surface area contributed by atoms with Crippen molar-refractivity contribution in [2.75, 3.05) is 6.54 Å². The smallest absolute Gasteiger partial charge is 0.234 e. The van der Waals surface area contributed by atoms with Crippen LogP contribution in [0.1, 0.15) is 12.8 Å². The number of amides is 1. The van der Waals surface area contributed by atoms with Gasteiger partial charge in [0.25, 0.3) is 0 Å². The van der Waals surface area contributed by atoms with Gasteiger partial charge in [-0.1, -0.05) is 5.18 Å². The monoisotopic (exact) mass is 157 g/mol. The number of piperidine rings is 1. The van der Waals surface area contributed by atoms with Gasteiger partial charge < -0.3 is 11.1 Å². The van der Waals surface area contributed by atoms with Gasteiger partial charge in [0, 0.05) is 6.54 Å². The fourth-order valence-corrected chi connectivity index (χ4v) is 1.17. The van der Waals surface area contributed by atoms with Gasteiger partial charge in [0.05, 0.1) is 6.04 Å². The van der Waals surface area contributed by atoms with Gasteiger partial charge in [0.15, 0.2) is 0 Å². The highest BCUT2D eigenvalue weighted by Gasteiger charge is 2.23. The Morgan fingerprint density at radius 3 is 2.64 bits per heavy atom. The Bertz CT molecular complexity index is 163. The zero-order chi connectivity index (χ0) is 8.27. The van der Waals surface area contributed by atoms with Crippen LogP contribution in [0, 0.1) is 4.91 Å². The molecule has 0 bridgehead atoms. The molecule has 5 heteroatoms. The molecule has 11 heavy (non-hydrogen) atoms. The predicted octanol–water partition coefficient (Wildman–Crippen LogP) is -0.641. The second-order valence-corrected chi connectivity index (χ2v) is 2.70. The molecule has 0 aromatic heterocycles. The summed E-state index contributed by atoms with van der Waals surface area (Å²) in [7, 11) is 0. The van der Waals surface area contributed by atoms with E-state index in [2.05, 4.69) is 10.5 Å². The maximum absolute atomic E-state index is 10.6. The minimum absolute atomic E-state index is 0.189. The molecule has 0 aromatic carbocycles. The first-order chi connectivity index (χ1) is 5.24. The summed E-state index contributed by atoms with van der Waals surface area (Å²) < 4.78 is 0. The molecule has 0 aromatic rings. The maximum Gasteiger partial charge on any atom is 0.234 e. The number of carbonyl (C=O) groups is 1. The van der Waals surface area contributed by atoms with E-state index in [0.29, 0.717) is 19.4 Å². The van der Waals surface area contributed by atoms with Crippen molar-refractivity contribution in [2.24, 2.45) is 10.9 Å². The van der Waals surface area contributed by atoms with E-state index in [-0.39, 0.29) is 18.0 Å². The lowest BCUT2D eigenvalue weighted by Crippen LogP contribution is -2.48. The highest BCUT2D eigenvalue weighted by Crippen LogP contribution is 2.09. The van der Waals surface area contributed by atoms with Crippen molar-refractivity contribution in [2.45, 2.75) is 24.9 Å². The molecule has 1 amide bonds.